The number of carbonyl (C=O) groups excluding carboxylic acids is 1. The summed E-state index contributed by atoms with van der Waals surface area (Å²) in [6, 6.07) is 4.38. The number of nitro benzene ring substituents is 1. The number of nitrogens with two attached hydrogens (primary N) is 1. The summed E-state index contributed by atoms with van der Waals surface area (Å²) in [5.41, 5.74) is 5.82. The second kappa shape index (κ2) is 6.16. The summed E-state index contributed by atoms with van der Waals surface area (Å²) < 4.78 is 5.62. The van der Waals surface area contributed by atoms with Crippen LogP contribution < -0.4 is 5.73 Å². The highest BCUT2D eigenvalue weighted by atomic mass is 16.6. The molecule has 3 rings (SSSR count). The molecule has 1 aromatic carbocycles. The number of benzene rings is 1. The van der Waals surface area contributed by atoms with Crippen LogP contribution in [-0.4, -0.2) is 42.0 Å². The second-order valence-electron chi connectivity index (χ2n) is 6.48. The molecule has 2 saturated heterocycles. The van der Waals surface area contributed by atoms with Crippen molar-refractivity contribution in [1.29, 1.82) is 0 Å². The lowest BCUT2D eigenvalue weighted by Crippen LogP contribution is -2.49. The van der Waals surface area contributed by atoms with Crippen molar-refractivity contribution in [3.05, 3.63) is 33.9 Å². The molecule has 1 aromatic rings. The molecule has 1 amide bonds. The number of anilines is 1. The fourth-order valence-corrected chi connectivity index (χ4v) is 3.68. The van der Waals surface area contributed by atoms with Crippen LogP contribution in [0, 0.1) is 15.5 Å². The molecular weight excluding hydrogens is 298 g/mol. The van der Waals surface area contributed by atoms with Crippen LogP contribution in [0.1, 0.15) is 36.0 Å². The number of nitro groups is 1. The minimum atomic E-state index is -0.557. The van der Waals surface area contributed by atoms with Crippen LogP contribution in [-0.2, 0) is 4.74 Å². The van der Waals surface area contributed by atoms with Gasteiger partial charge in [0.1, 0.15) is 5.69 Å². The van der Waals surface area contributed by atoms with E-state index in [9.17, 15) is 14.9 Å². The SMILES string of the molecule is Nc1c(C(=O)N2CCCC3(CCCOC3)C2)cccc1[N+](=O)[O-]. The molecule has 2 N–H and O–H groups in total. The van der Waals surface area contributed by atoms with Gasteiger partial charge in [-0.2, -0.15) is 0 Å². The Bertz CT molecular complexity index is 620. The number of piperidine rings is 1. The number of rotatable bonds is 2. The van der Waals surface area contributed by atoms with E-state index in [2.05, 4.69) is 0 Å². The topological polar surface area (TPSA) is 98.7 Å². The van der Waals surface area contributed by atoms with E-state index in [4.69, 9.17) is 10.5 Å². The van der Waals surface area contributed by atoms with Crippen molar-refractivity contribution >= 4 is 17.3 Å². The maximum absolute atomic E-state index is 12.8. The van der Waals surface area contributed by atoms with Crippen molar-refractivity contribution in [1.82, 2.24) is 4.90 Å². The minimum Gasteiger partial charge on any atom is -0.393 e. The van der Waals surface area contributed by atoms with Gasteiger partial charge in [-0.25, -0.2) is 0 Å². The fraction of sp³-hybridized carbons (Fsp3) is 0.562. The van der Waals surface area contributed by atoms with Gasteiger partial charge in [-0.05, 0) is 31.7 Å². The second-order valence-corrected chi connectivity index (χ2v) is 6.48. The average molecular weight is 319 g/mol. The van der Waals surface area contributed by atoms with Crippen molar-refractivity contribution in [2.24, 2.45) is 5.41 Å². The minimum absolute atomic E-state index is 0.0294. The van der Waals surface area contributed by atoms with E-state index in [1.807, 2.05) is 0 Å². The lowest BCUT2D eigenvalue weighted by Gasteiger charge is -2.44. The number of carbonyl (C=O) groups is 1. The molecule has 0 aromatic heterocycles. The van der Waals surface area contributed by atoms with Gasteiger partial charge in [-0.3, -0.25) is 14.9 Å². The van der Waals surface area contributed by atoms with Gasteiger partial charge in [0.25, 0.3) is 11.6 Å². The van der Waals surface area contributed by atoms with Crippen molar-refractivity contribution in [3.63, 3.8) is 0 Å². The Labute approximate surface area is 134 Å². The summed E-state index contributed by atoms with van der Waals surface area (Å²) in [6.07, 6.45) is 4.05. The van der Waals surface area contributed by atoms with Crippen LogP contribution in [0.5, 0.6) is 0 Å². The van der Waals surface area contributed by atoms with E-state index >= 15 is 0 Å². The van der Waals surface area contributed by atoms with Crippen LogP contribution in [0.2, 0.25) is 0 Å². The molecular formula is C16H21N3O4. The van der Waals surface area contributed by atoms with Crippen LogP contribution in [0.4, 0.5) is 11.4 Å². The summed E-state index contributed by atoms with van der Waals surface area (Å²) in [5, 5.41) is 11.0. The molecule has 124 valence electrons. The lowest BCUT2D eigenvalue weighted by molar-refractivity contribution is -0.383. The van der Waals surface area contributed by atoms with Crippen LogP contribution >= 0.6 is 0 Å². The monoisotopic (exact) mass is 319 g/mol. The number of ether oxygens (including phenoxy) is 1. The van der Waals surface area contributed by atoms with Crippen LogP contribution in [0.25, 0.3) is 0 Å². The van der Waals surface area contributed by atoms with E-state index < -0.39 is 4.92 Å². The summed E-state index contributed by atoms with van der Waals surface area (Å²) >= 11 is 0. The van der Waals surface area contributed by atoms with Gasteiger partial charge in [0.15, 0.2) is 0 Å². The number of likely N-dealkylation sites (tertiary alicyclic amines) is 1. The first-order valence-corrected chi connectivity index (χ1v) is 7.92. The molecule has 0 saturated carbocycles. The Morgan fingerprint density at radius 1 is 1.35 bits per heavy atom. The van der Waals surface area contributed by atoms with Gasteiger partial charge in [0, 0.05) is 31.2 Å². The summed E-state index contributed by atoms with van der Waals surface area (Å²) in [6.45, 7) is 2.76. The highest BCUT2D eigenvalue weighted by Gasteiger charge is 2.39. The van der Waals surface area contributed by atoms with E-state index in [-0.39, 0.29) is 28.3 Å². The van der Waals surface area contributed by atoms with Gasteiger partial charge in [0.05, 0.1) is 17.1 Å². The fourth-order valence-electron chi connectivity index (χ4n) is 3.68. The first kappa shape index (κ1) is 15.7. The smallest absolute Gasteiger partial charge is 0.292 e. The summed E-state index contributed by atoms with van der Waals surface area (Å²) in [4.78, 5) is 25.0. The van der Waals surface area contributed by atoms with Crippen molar-refractivity contribution < 1.29 is 14.5 Å². The highest BCUT2D eigenvalue weighted by Crippen LogP contribution is 2.38. The molecule has 7 heteroatoms. The quantitative estimate of drug-likeness (QED) is 0.512. The Balaban J connectivity index is 1.83. The largest absolute Gasteiger partial charge is 0.393 e. The molecule has 7 nitrogen and oxygen atoms in total. The number of nitrogen functional groups attached to an aromatic ring is 1. The number of amides is 1. The molecule has 1 unspecified atom stereocenters. The molecule has 2 aliphatic heterocycles. The molecule has 0 bridgehead atoms. The number of nitrogens with zero attached hydrogens (tertiary/aromatic N) is 2. The number of hydrogen-bond donors (Lipinski definition) is 1. The van der Waals surface area contributed by atoms with Crippen molar-refractivity contribution in [2.75, 3.05) is 32.0 Å². The molecule has 2 heterocycles. The normalized spacial score (nSPS) is 24.6. The van der Waals surface area contributed by atoms with Gasteiger partial charge in [-0.1, -0.05) is 6.07 Å². The first-order valence-electron chi connectivity index (χ1n) is 7.92. The predicted molar refractivity (Wildman–Crippen MR) is 85.1 cm³/mol. The van der Waals surface area contributed by atoms with E-state index in [1.165, 1.54) is 12.1 Å². The third kappa shape index (κ3) is 3.01. The van der Waals surface area contributed by atoms with Gasteiger partial charge in [-0.15, -0.1) is 0 Å². The highest BCUT2D eigenvalue weighted by molar-refractivity contribution is 6.01. The van der Waals surface area contributed by atoms with E-state index in [1.54, 1.807) is 11.0 Å². The molecule has 2 fully saturated rings. The number of para-hydroxylation sites is 1. The molecule has 1 atom stereocenters. The zero-order valence-corrected chi connectivity index (χ0v) is 13.0. The Kier molecular flexibility index (Phi) is 4.21. The first-order chi connectivity index (χ1) is 11.0. The van der Waals surface area contributed by atoms with Gasteiger partial charge >= 0.3 is 0 Å². The Morgan fingerprint density at radius 3 is 2.83 bits per heavy atom. The maximum Gasteiger partial charge on any atom is 0.292 e. The average Bonchev–Trinajstić information content (AvgIpc) is 2.55. The Hall–Kier alpha value is -2.15. The standard InChI is InChI=1S/C16H21N3O4/c17-14-12(4-1-5-13(14)19(21)22)15(20)18-8-2-6-16(10-18)7-3-9-23-11-16/h1,4-5H,2-3,6-11,17H2. The van der Waals surface area contributed by atoms with Crippen molar-refractivity contribution in [3.8, 4) is 0 Å². The molecule has 23 heavy (non-hydrogen) atoms. The van der Waals surface area contributed by atoms with Gasteiger partial charge < -0.3 is 15.4 Å². The van der Waals surface area contributed by atoms with E-state index in [0.29, 0.717) is 19.7 Å². The maximum atomic E-state index is 12.8. The zero-order valence-electron chi connectivity index (χ0n) is 13.0. The number of hydrogen-bond acceptors (Lipinski definition) is 5. The summed E-state index contributed by atoms with van der Waals surface area (Å²) in [5.74, 6) is -0.226. The lowest BCUT2D eigenvalue weighted by atomic mass is 9.75. The zero-order chi connectivity index (χ0) is 16.4. The molecule has 2 aliphatic rings. The third-order valence-corrected chi connectivity index (χ3v) is 4.86. The summed E-state index contributed by atoms with van der Waals surface area (Å²) in [7, 11) is 0. The Morgan fingerprint density at radius 2 is 2.13 bits per heavy atom. The molecule has 0 radical (unpaired) electrons. The van der Waals surface area contributed by atoms with Crippen molar-refractivity contribution in [2.45, 2.75) is 25.7 Å². The van der Waals surface area contributed by atoms with Gasteiger partial charge in [0.2, 0.25) is 0 Å². The molecule has 0 aliphatic carbocycles. The molecule has 1 spiro atoms. The van der Waals surface area contributed by atoms with E-state index in [0.717, 1.165) is 32.3 Å². The predicted octanol–water partition coefficient (Wildman–Crippen LogP) is 2.21. The third-order valence-electron chi connectivity index (χ3n) is 4.86. The van der Waals surface area contributed by atoms with Crippen LogP contribution in [0.3, 0.4) is 0 Å². The van der Waals surface area contributed by atoms with Crippen LogP contribution in [0.15, 0.2) is 18.2 Å².